The number of hydrogen-bond donors (Lipinski definition) is 0. The van der Waals surface area contributed by atoms with Crippen molar-refractivity contribution in [3.05, 3.63) is 0 Å². The molecule has 0 radical (unpaired) electrons. The zero-order valence-corrected chi connectivity index (χ0v) is 15.8. The number of likely N-dealkylation sites (tertiary alicyclic amines) is 1. The van der Waals surface area contributed by atoms with E-state index >= 15 is 0 Å². The van der Waals surface area contributed by atoms with Gasteiger partial charge in [0.15, 0.2) is 0 Å². The van der Waals surface area contributed by atoms with E-state index < -0.39 is 0 Å². The molecule has 138 valence electrons. The molecule has 0 aromatic carbocycles. The molecule has 2 unspecified atom stereocenters. The lowest BCUT2D eigenvalue weighted by Gasteiger charge is -2.41. The van der Waals surface area contributed by atoms with Gasteiger partial charge in [-0.1, -0.05) is 20.8 Å². The summed E-state index contributed by atoms with van der Waals surface area (Å²) in [6.07, 6.45) is 8.10. The molecule has 4 nitrogen and oxygen atoms in total. The number of hydrogen-bond acceptors (Lipinski definition) is 3. The van der Waals surface area contributed by atoms with Crippen molar-refractivity contribution in [1.29, 1.82) is 0 Å². The van der Waals surface area contributed by atoms with E-state index in [1.165, 1.54) is 6.42 Å². The monoisotopic (exact) mass is 337 g/mol. The van der Waals surface area contributed by atoms with Crippen LogP contribution in [0.2, 0.25) is 0 Å². The Labute approximate surface area is 147 Å². The Kier molecular flexibility index (Phi) is 5.86. The van der Waals surface area contributed by atoms with Crippen LogP contribution in [-0.2, 0) is 14.3 Å². The smallest absolute Gasteiger partial charge is 0.225 e. The van der Waals surface area contributed by atoms with Crippen molar-refractivity contribution in [2.45, 2.75) is 77.9 Å². The first-order valence-corrected chi connectivity index (χ1v) is 9.95. The Morgan fingerprint density at radius 1 is 1.04 bits per heavy atom. The van der Waals surface area contributed by atoms with Crippen LogP contribution in [0.5, 0.6) is 0 Å². The second-order valence-corrected chi connectivity index (χ2v) is 9.08. The zero-order chi connectivity index (χ0) is 17.2. The molecular weight excluding hydrogens is 302 g/mol. The lowest BCUT2D eigenvalue weighted by atomic mass is 9.67. The van der Waals surface area contributed by atoms with Crippen LogP contribution in [0.25, 0.3) is 0 Å². The highest BCUT2D eigenvalue weighted by molar-refractivity contribution is 5.79. The van der Waals surface area contributed by atoms with Crippen LogP contribution in [0, 0.1) is 17.3 Å². The second kappa shape index (κ2) is 7.74. The third-order valence-corrected chi connectivity index (χ3v) is 6.04. The van der Waals surface area contributed by atoms with Gasteiger partial charge in [-0.25, -0.2) is 0 Å². The molecule has 2 saturated heterocycles. The topological polar surface area (TPSA) is 38.8 Å². The van der Waals surface area contributed by atoms with E-state index in [9.17, 15) is 4.79 Å². The summed E-state index contributed by atoms with van der Waals surface area (Å²) in [6.45, 7) is 10.3. The van der Waals surface area contributed by atoms with E-state index in [2.05, 4.69) is 25.7 Å². The lowest BCUT2D eigenvalue weighted by Crippen LogP contribution is -2.46. The van der Waals surface area contributed by atoms with Crippen molar-refractivity contribution in [2.24, 2.45) is 17.3 Å². The summed E-state index contributed by atoms with van der Waals surface area (Å²) in [6, 6.07) is 0. The number of carbonyl (C=O) groups is 1. The maximum absolute atomic E-state index is 13.0. The molecule has 1 saturated carbocycles. The van der Waals surface area contributed by atoms with E-state index in [1.54, 1.807) is 0 Å². The molecule has 0 spiro atoms. The van der Waals surface area contributed by atoms with Crippen molar-refractivity contribution < 1.29 is 14.3 Å². The zero-order valence-electron chi connectivity index (χ0n) is 15.8. The molecule has 2 aliphatic heterocycles. The van der Waals surface area contributed by atoms with Crippen molar-refractivity contribution in [3.63, 3.8) is 0 Å². The van der Waals surface area contributed by atoms with Gasteiger partial charge in [-0.2, -0.15) is 0 Å². The molecule has 2 heterocycles. The Morgan fingerprint density at radius 3 is 2.29 bits per heavy atom. The van der Waals surface area contributed by atoms with E-state index in [0.717, 1.165) is 64.8 Å². The van der Waals surface area contributed by atoms with Gasteiger partial charge in [0, 0.05) is 32.2 Å². The van der Waals surface area contributed by atoms with Gasteiger partial charge < -0.3 is 14.4 Å². The molecule has 1 aliphatic carbocycles. The van der Waals surface area contributed by atoms with Crippen molar-refractivity contribution >= 4 is 5.91 Å². The maximum atomic E-state index is 13.0. The molecule has 3 aliphatic rings. The Balaban J connectivity index is 1.46. The van der Waals surface area contributed by atoms with Crippen molar-refractivity contribution in [1.82, 2.24) is 4.90 Å². The number of piperidine rings is 1. The van der Waals surface area contributed by atoms with E-state index in [-0.39, 0.29) is 5.92 Å². The summed E-state index contributed by atoms with van der Waals surface area (Å²) in [5, 5.41) is 0. The molecule has 3 rings (SSSR count). The van der Waals surface area contributed by atoms with Crippen LogP contribution < -0.4 is 0 Å². The average molecular weight is 338 g/mol. The normalized spacial score (nSPS) is 32.7. The first-order valence-electron chi connectivity index (χ1n) is 9.95. The van der Waals surface area contributed by atoms with E-state index in [4.69, 9.17) is 9.47 Å². The molecule has 3 fully saturated rings. The fourth-order valence-electron chi connectivity index (χ4n) is 5.09. The van der Waals surface area contributed by atoms with Gasteiger partial charge in [0.05, 0.1) is 12.2 Å². The van der Waals surface area contributed by atoms with Gasteiger partial charge in [-0.3, -0.25) is 4.79 Å². The van der Waals surface area contributed by atoms with Crippen LogP contribution >= 0.6 is 0 Å². The van der Waals surface area contributed by atoms with Gasteiger partial charge in [0.2, 0.25) is 5.91 Å². The minimum Gasteiger partial charge on any atom is -0.381 e. The molecule has 2 atom stereocenters. The number of nitrogens with zero attached hydrogens (tertiary/aromatic N) is 1. The Hall–Kier alpha value is -0.610. The van der Waals surface area contributed by atoms with Crippen LogP contribution in [0.1, 0.15) is 65.7 Å². The van der Waals surface area contributed by atoms with Crippen LogP contribution in [0.3, 0.4) is 0 Å². The fourth-order valence-corrected chi connectivity index (χ4v) is 5.09. The van der Waals surface area contributed by atoms with Gasteiger partial charge in [-0.05, 0) is 56.3 Å². The van der Waals surface area contributed by atoms with Crippen LogP contribution in [-0.4, -0.2) is 49.3 Å². The predicted molar refractivity (Wildman–Crippen MR) is 94.8 cm³/mol. The molecule has 0 aromatic heterocycles. The summed E-state index contributed by atoms with van der Waals surface area (Å²) < 4.78 is 11.6. The molecule has 0 bridgehead atoms. The SMILES string of the molecule is CC1CC(C(=O)N2CCC(OC3CCOCC3)CC2)CC(C)(C)C1. The molecule has 0 aromatic rings. The highest BCUT2D eigenvalue weighted by Crippen LogP contribution is 2.42. The van der Waals surface area contributed by atoms with Crippen molar-refractivity contribution in [3.8, 4) is 0 Å². The third kappa shape index (κ3) is 4.72. The van der Waals surface area contributed by atoms with Gasteiger partial charge in [-0.15, -0.1) is 0 Å². The summed E-state index contributed by atoms with van der Waals surface area (Å²) in [4.78, 5) is 15.1. The molecule has 1 amide bonds. The minimum atomic E-state index is 0.233. The van der Waals surface area contributed by atoms with Gasteiger partial charge in [0.25, 0.3) is 0 Å². The molecular formula is C20H35NO3. The molecule has 24 heavy (non-hydrogen) atoms. The van der Waals surface area contributed by atoms with E-state index in [0.29, 0.717) is 29.4 Å². The summed E-state index contributed by atoms with van der Waals surface area (Å²) >= 11 is 0. The lowest BCUT2D eigenvalue weighted by molar-refractivity contribution is -0.143. The first-order chi connectivity index (χ1) is 11.4. The standard InChI is InChI=1S/C20H35NO3/c1-15-12-16(14-20(2,3)13-15)19(22)21-8-4-17(5-9-21)24-18-6-10-23-11-7-18/h15-18H,4-14H2,1-3H3. The highest BCUT2D eigenvalue weighted by atomic mass is 16.5. The molecule has 0 N–H and O–H groups in total. The minimum absolute atomic E-state index is 0.233. The number of rotatable bonds is 3. The third-order valence-electron chi connectivity index (χ3n) is 6.04. The Bertz CT molecular complexity index is 423. The quantitative estimate of drug-likeness (QED) is 0.789. The largest absolute Gasteiger partial charge is 0.381 e. The molecule has 4 heteroatoms. The van der Waals surface area contributed by atoms with Crippen molar-refractivity contribution in [2.75, 3.05) is 26.3 Å². The highest BCUT2D eigenvalue weighted by Gasteiger charge is 2.38. The summed E-state index contributed by atoms with van der Waals surface area (Å²) in [5.74, 6) is 1.30. The summed E-state index contributed by atoms with van der Waals surface area (Å²) in [7, 11) is 0. The first kappa shape index (κ1) is 18.2. The second-order valence-electron chi connectivity index (χ2n) is 9.08. The summed E-state index contributed by atoms with van der Waals surface area (Å²) in [5.41, 5.74) is 0.308. The average Bonchev–Trinajstić information content (AvgIpc) is 2.54. The maximum Gasteiger partial charge on any atom is 0.225 e. The fraction of sp³-hybridized carbons (Fsp3) is 0.950. The Morgan fingerprint density at radius 2 is 1.67 bits per heavy atom. The number of amides is 1. The number of carbonyl (C=O) groups excluding carboxylic acids is 1. The predicted octanol–water partition coefficient (Wildman–Crippen LogP) is 3.64. The van der Waals surface area contributed by atoms with E-state index in [1.807, 2.05) is 0 Å². The number of ether oxygens (including phenoxy) is 2. The van der Waals surface area contributed by atoms with Gasteiger partial charge >= 0.3 is 0 Å². The van der Waals surface area contributed by atoms with Gasteiger partial charge in [0.1, 0.15) is 0 Å². The van der Waals surface area contributed by atoms with Crippen LogP contribution in [0.15, 0.2) is 0 Å². The van der Waals surface area contributed by atoms with Crippen LogP contribution in [0.4, 0.5) is 0 Å².